The standard InChI is InChI=1S/C5H12.3C3H8.4C2H6.2C2H2.8CH4/c1-5(2,3)4;3*1-3-2;6*1-2;;;;;;;;/h1-4H3;3*3H2,1-2H3;4*1-2H3;2*1-2H;8*1H4. The molecule has 0 aromatic carbocycles. The minimum Gasteiger partial charge on any atom is -0.124 e. The molecule has 0 bridgehead atoms. The van der Waals surface area contributed by atoms with Gasteiger partial charge in [-0.05, 0) is 5.41 Å². The molecule has 0 N–H and O–H groups in total. The number of hydrogen-bond acceptors (Lipinski definition) is 0. The van der Waals surface area contributed by atoms with Crippen LogP contribution in [-0.2, 0) is 0 Å². The topological polar surface area (TPSA) is 0 Å². The van der Waals surface area contributed by atoms with Crippen LogP contribution in [0, 0.1) is 31.1 Å². The fourth-order valence-electron chi connectivity index (χ4n) is 0. The van der Waals surface area contributed by atoms with Crippen LogP contribution < -0.4 is 0 Å². The third-order valence-electron chi connectivity index (χ3n) is 0. The molecule has 0 nitrogen and oxygen atoms in total. The summed E-state index contributed by atoms with van der Waals surface area (Å²) in [4.78, 5) is 0. The highest BCUT2D eigenvalue weighted by molar-refractivity contribution is 4.47. The quantitative estimate of drug-likeness (QED) is 0.287. The van der Waals surface area contributed by atoms with E-state index in [4.69, 9.17) is 0 Å². The maximum atomic E-state index is 4.00. The molecule has 0 aliphatic carbocycles. The van der Waals surface area contributed by atoms with Gasteiger partial charge in [-0.15, -0.1) is 25.7 Å². The molecule has 0 rings (SSSR count). The van der Waals surface area contributed by atoms with E-state index in [1.165, 1.54) is 19.3 Å². The Labute approximate surface area is 234 Å². The lowest BCUT2D eigenvalue weighted by atomic mass is 10.0. The van der Waals surface area contributed by atoms with Crippen LogP contribution in [-0.4, -0.2) is 0 Å². The lowest BCUT2D eigenvalue weighted by Gasteiger charge is -2.05. The second-order valence-corrected chi connectivity index (χ2v) is 5.12. The van der Waals surface area contributed by atoms with E-state index in [-0.39, 0.29) is 59.4 Å². The van der Waals surface area contributed by atoms with Gasteiger partial charge in [0.2, 0.25) is 0 Å². The fourth-order valence-corrected chi connectivity index (χ4v) is 0. The van der Waals surface area contributed by atoms with Gasteiger partial charge in [-0.1, -0.05) is 203 Å². The molecule has 0 radical (unpaired) electrons. The van der Waals surface area contributed by atoms with Crippen molar-refractivity contribution in [2.24, 2.45) is 5.41 Å². The summed E-state index contributed by atoms with van der Waals surface area (Å²) in [5, 5.41) is 0. The Morgan fingerprint density at radius 3 is 0.324 bits per heavy atom. The first-order chi connectivity index (χ1) is 12.2. The molecule has 0 aromatic heterocycles. The monoisotopic (exact) mass is 505 g/mol. The van der Waals surface area contributed by atoms with Crippen LogP contribution in [0.5, 0.6) is 0 Å². The van der Waals surface area contributed by atoms with Crippen LogP contribution in [0.25, 0.3) is 0 Å². The van der Waals surface area contributed by atoms with Gasteiger partial charge in [0, 0.05) is 0 Å². The van der Waals surface area contributed by atoms with Crippen LogP contribution >= 0.6 is 0 Å². The molecule has 0 heterocycles. The maximum absolute atomic E-state index is 4.00. The van der Waals surface area contributed by atoms with Crippen molar-refractivity contribution < 1.29 is 0 Å². The Bertz CT molecular complexity index is 81.4. The van der Waals surface area contributed by atoms with Crippen molar-refractivity contribution in [3.8, 4) is 25.7 Å². The highest BCUT2D eigenvalue weighted by Crippen LogP contribution is 2.08. The Morgan fingerprint density at radius 1 is 0.324 bits per heavy atom. The Kier molecular flexibility index (Phi) is 2070. The molecule has 0 atom stereocenters. The van der Waals surface area contributed by atoms with Crippen molar-refractivity contribution in [2.45, 2.75) is 203 Å². The van der Waals surface area contributed by atoms with Crippen LogP contribution in [0.4, 0.5) is 0 Å². The first kappa shape index (κ1) is 149. The molecule has 0 aliphatic heterocycles. The van der Waals surface area contributed by atoms with Gasteiger partial charge in [0.1, 0.15) is 0 Å². The van der Waals surface area contributed by atoms with Crippen LogP contribution in [0.3, 0.4) is 0 Å². The van der Waals surface area contributed by atoms with Crippen LogP contribution in [0.2, 0.25) is 0 Å². The van der Waals surface area contributed by atoms with E-state index in [1.807, 2.05) is 55.4 Å². The fraction of sp³-hybridized carbons (Fsp3) is 0.882. The van der Waals surface area contributed by atoms with Crippen molar-refractivity contribution in [3.05, 3.63) is 0 Å². The molecule has 0 amide bonds. The molecule has 0 spiro atoms. The first-order valence-electron chi connectivity index (χ1n) is 10.9. The van der Waals surface area contributed by atoms with Crippen LogP contribution in [0.1, 0.15) is 203 Å². The molecule has 34 heavy (non-hydrogen) atoms. The number of hydrogen-bond donors (Lipinski definition) is 0. The Balaban J connectivity index is -0.00000000519. The summed E-state index contributed by atoms with van der Waals surface area (Å²) < 4.78 is 0. The largest absolute Gasteiger partial charge is 0.124 e. The van der Waals surface area contributed by atoms with Crippen molar-refractivity contribution in [1.82, 2.24) is 0 Å². The summed E-state index contributed by atoms with van der Waals surface area (Å²) in [6, 6.07) is 0. The lowest BCUT2D eigenvalue weighted by Crippen LogP contribution is -1.93. The normalized spacial score (nSPS) is 4.18. The third-order valence-corrected chi connectivity index (χ3v) is 0. The Hall–Kier alpha value is -0.880. The molecular formula is C34H96. The van der Waals surface area contributed by atoms with E-state index in [2.05, 4.69) is 94.9 Å². The minimum atomic E-state index is 0. The van der Waals surface area contributed by atoms with Crippen molar-refractivity contribution in [2.75, 3.05) is 0 Å². The molecule has 0 aromatic rings. The zero-order valence-corrected chi connectivity index (χ0v) is 22.9. The summed E-state index contributed by atoms with van der Waals surface area (Å²) in [6.07, 6.45) is 19.8. The predicted molar refractivity (Wildman–Crippen MR) is 192 cm³/mol. The molecule has 0 heteroatoms. The molecule has 0 saturated heterocycles. The molecule has 0 aliphatic rings. The van der Waals surface area contributed by atoms with E-state index in [0.29, 0.717) is 5.41 Å². The summed E-state index contributed by atoms with van der Waals surface area (Å²) in [5.74, 6) is 0. The second kappa shape index (κ2) is 472. The van der Waals surface area contributed by atoms with Gasteiger partial charge < -0.3 is 0 Å². The molecule has 232 valence electrons. The highest BCUT2D eigenvalue weighted by Gasteiger charge is 1.95. The van der Waals surface area contributed by atoms with Gasteiger partial charge in [0.05, 0.1) is 0 Å². The average molecular weight is 505 g/mol. The van der Waals surface area contributed by atoms with Gasteiger partial charge >= 0.3 is 0 Å². The van der Waals surface area contributed by atoms with Crippen molar-refractivity contribution in [3.63, 3.8) is 0 Å². The zero-order valence-electron chi connectivity index (χ0n) is 22.9. The van der Waals surface area contributed by atoms with Gasteiger partial charge in [-0.25, -0.2) is 0 Å². The molecule has 0 saturated carbocycles. The van der Waals surface area contributed by atoms with E-state index in [1.54, 1.807) is 0 Å². The maximum Gasteiger partial charge on any atom is -0.0411 e. The minimum absolute atomic E-state index is 0. The van der Waals surface area contributed by atoms with E-state index < -0.39 is 0 Å². The second-order valence-electron chi connectivity index (χ2n) is 5.12. The van der Waals surface area contributed by atoms with Crippen molar-refractivity contribution in [1.29, 1.82) is 0 Å². The third kappa shape index (κ3) is 36500. The van der Waals surface area contributed by atoms with Crippen LogP contribution in [0.15, 0.2) is 0 Å². The molecular weight excluding hydrogens is 408 g/mol. The first-order valence-corrected chi connectivity index (χ1v) is 10.9. The van der Waals surface area contributed by atoms with Gasteiger partial charge in [0.25, 0.3) is 0 Å². The van der Waals surface area contributed by atoms with Gasteiger partial charge in [0.15, 0.2) is 0 Å². The van der Waals surface area contributed by atoms with E-state index in [9.17, 15) is 0 Å². The molecule has 0 unspecified atom stereocenters. The smallest absolute Gasteiger partial charge is 0.0411 e. The highest BCUT2D eigenvalue weighted by atomic mass is 14.0. The average Bonchev–Trinajstić information content (AvgIpc) is 2.65. The number of rotatable bonds is 0. The van der Waals surface area contributed by atoms with E-state index >= 15 is 0 Å². The predicted octanol–water partition coefficient (Wildman–Crippen LogP) is 16.0. The van der Waals surface area contributed by atoms with Gasteiger partial charge in [-0.2, -0.15) is 0 Å². The van der Waals surface area contributed by atoms with E-state index in [0.717, 1.165) is 0 Å². The SMILES string of the molecule is C.C.C.C.C.C.C.C.C#C.C#C.CC.CC.CC.CC.CC(C)(C)C.CCC.CCC.CCC. The van der Waals surface area contributed by atoms with Crippen molar-refractivity contribution >= 4 is 0 Å². The lowest BCUT2D eigenvalue weighted by molar-refractivity contribution is 0.469. The summed E-state index contributed by atoms with van der Waals surface area (Å²) in [6.45, 7) is 37.5. The summed E-state index contributed by atoms with van der Waals surface area (Å²) >= 11 is 0. The molecule has 0 fully saturated rings. The summed E-state index contributed by atoms with van der Waals surface area (Å²) in [5.41, 5.74) is 0.500. The zero-order chi connectivity index (χ0) is 24.6. The summed E-state index contributed by atoms with van der Waals surface area (Å²) in [7, 11) is 0. The van der Waals surface area contributed by atoms with Gasteiger partial charge in [-0.3, -0.25) is 0 Å². The number of terminal acetylenes is 2. The Morgan fingerprint density at radius 2 is 0.324 bits per heavy atom.